The fourth-order valence-corrected chi connectivity index (χ4v) is 4.97. The van der Waals surface area contributed by atoms with Crippen LogP contribution in [0.4, 0.5) is 0 Å². The summed E-state index contributed by atoms with van der Waals surface area (Å²) >= 11 is 0. The summed E-state index contributed by atoms with van der Waals surface area (Å²) in [4.78, 5) is 47.6. The van der Waals surface area contributed by atoms with E-state index >= 15 is 0 Å². The second-order valence-electron chi connectivity index (χ2n) is 7.83. The van der Waals surface area contributed by atoms with Crippen molar-refractivity contribution in [2.75, 3.05) is 7.05 Å². The standard InChI is InChI=1S/C23H22N6O7S/c1-28(37(34,35)17-9-7-16(8-10-17)36-15-5-3-2-4-6-15)18(21(30)27-33)11-14-29-22(31)19-20(26-23(29)32)25-13-12-24-19/h2-10,12-13,18,33H,11,14H2,1H3,(H,27,30)(H,25,26,32). The minimum atomic E-state index is -4.23. The number of likely N-dealkylation sites (N-methyl/N-ethyl adjacent to an activating group) is 1. The molecule has 0 radical (unpaired) electrons. The molecule has 4 aromatic rings. The Morgan fingerprint density at radius 1 is 1.08 bits per heavy atom. The van der Waals surface area contributed by atoms with Crippen molar-refractivity contribution in [1.82, 2.24) is 29.3 Å². The molecule has 0 saturated heterocycles. The van der Waals surface area contributed by atoms with Crippen LogP contribution in [0.15, 0.2) is 81.5 Å². The molecule has 1 amide bonds. The molecule has 1 atom stereocenters. The van der Waals surface area contributed by atoms with Crippen LogP contribution in [0.3, 0.4) is 0 Å². The Balaban J connectivity index is 1.57. The number of ether oxygens (including phenoxy) is 1. The van der Waals surface area contributed by atoms with Crippen LogP contribution in [0, 0.1) is 0 Å². The van der Waals surface area contributed by atoms with Crippen LogP contribution in [0.1, 0.15) is 6.42 Å². The van der Waals surface area contributed by atoms with Crippen LogP contribution < -0.4 is 21.5 Å². The van der Waals surface area contributed by atoms with Crippen LogP contribution in [0.25, 0.3) is 11.2 Å². The van der Waals surface area contributed by atoms with E-state index in [1.165, 1.54) is 42.1 Å². The van der Waals surface area contributed by atoms with E-state index in [-0.39, 0.29) is 29.0 Å². The third-order valence-corrected chi connectivity index (χ3v) is 7.45. The number of rotatable bonds is 9. The number of sulfonamides is 1. The largest absolute Gasteiger partial charge is 0.457 e. The number of fused-ring (bicyclic) bond motifs is 1. The number of hydrogen-bond donors (Lipinski definition) is 3. The number of hydrogen-bond acceptors (Lipinski definition) is 9. The second-order valence-corrected chi connectivity index (χ2v) is 9.83. The number of aromatic nitrogens is 4. The number of carbonyl (C=O) groups excluding carboxylic acids is 1. The molecule has 2 aromatic carbocycles. The zero-order valence-corrected chi connectivity index (χ0v) is 20.3. The molecule has 4 rings (SSSR count). The lowest BCUT2D eigenvalue weighted by atomic mass is 10.2. The van der Waals surface area contributed by atoms with E-state index < -0.39 is 33.2 Å². The number of nitrogens with one attached hydrogen (secondary N) is 2. The highest BCUT2D eigenvalue weighted by Crippen LogP contribution is 2.25. The topological polar surface area (TPSA) is 177 Å². The van der Waals surface area contributed by atoms with Crippen LogP contribution in [-0.2, 0) is 21.4 Å². The zero-order chi connectivity index (χ0) is 26.6. The highest BCUT2D eigenvalue weighted by molar-refractivity contribution is 7.89. The maximum atomic E-state index is 13.3. The van der Waals surface area contributed by atoms with Crippen molar-refractivity contribution >= 4 is 27.1 Å². The Hall–Kier alpha value is -4.40. The molecule has 14 heteroatoms. The van der Waals surface area contributed by atoms with Crippen molar-refractivity contribution < 1.29 is 23.2 Å². The van der Waals surface area contributed by atoms with Gasteiger partial charge in [0.1, 0.15) is 17.5 Å². The van der Waals surface area contributed by atoms with Gasteiger partial charge in [0, 0.05) is 26.0 Å². The van der Waals surface area contributed by atoms with Crippen molar-refractivity contribution in [3.8, 4) is 11.5 Å². The van der Waals surface area contributed by atoms with Gasteiger partial charge in [-0.25, -0.2) is 28.7 Å². The van der Waals surface area contributed by atoms with Crippen LogP contribution >= 0.6 is 0 Å². The molecular formula is C23H22N6O7S. The Bertz CT molecular complexity index is 1640. The van der Waals surface area contributed by atoms with Gasteiger partial charge in [-0.1, -0.05) is 18.2 Å². The third kappa shape index (κ3) is 5.40. The summed E-state index contributed by atoms with van der Waals surface area (Å²) in [7, 11) is -3.08. The summed E-state index contributed by atoms with van der Waals surface area (Å²) in [6.07, 6.45) is 2.28. The van der Waals surface area contributed by atoms with E-state index in [4.69, 9.17) is 4.74 Å². The van der Waals surface area contributed by atoms with Crippen molar-refractivity contribution in [3.05, 3.63) is 87.8 Å². The molecule has 2 aromatic heterocycles. The molecule has 192 valence electrons. The number of carbonyl (C=O) groups is 1. The third-order valence-electron chi connectivity index (χ3n) is 5.57. The lowest BCUT2D eigenvalue weighted by Gasteiger charge is -2.26. The summed E-state index contributed by atoms with van der Waals surface area (Å²) in [6, 6.07) is 13.0. The van der Waals surface area contributed by atoms with E-state index in [2.05, 4.69) is 15.0 Å². The van der Waals surface area contributed by atoms with Crippen molar-refractivity contribution in [3.63, 3.8) is 0 Å². The number of aromatic amines is 1. The van der Waals surface area contributed by atoms with Gasteiger partial charge in [0.25, 0.3) is 11.5 Å². The van der Waals surface area contributed by atoms with E-state index in [9.17, 15) is 28.0 Å². The molecule has 37 heavy (non-hydrogen) atoms. The molecule has 2 heterocycles. The Kier molecular flexibility index (Phi) is 7.42. The monoisotopic (exact) mass is 526 g/mol. The molecule has 13 nitrogen and oxygen atoms in total. The van der Waals surface area contributed by atoms with E-state index in [0.29, 0.717) is 11.5 Å². The summed E-state index contributed by atoms with van der Waals surface area (Å²) in [6.45, 7) is -0.345. The van der Waals surface area contributed by atoms with E-state index in [0.717, 1.165) is 15.9 Å². The fourth-order valence-electron chi connectivity index (χ4n) is 3.62. The van der Waals surface area contributed by atoms with Crippen molar-refractivity contribution in [2.45, 2.75) is 23.9 Å². The first-order chi connectivity index (χ1) is 17.7. The molecule has 0 spiro atoms. The molecule has 0 aliphatic carbocycles. The smallest absolute Gasteiger partial charge is 0.330 e. The van der Waals surface area contributed by atoms with Gasteiger partial charge >= 0.3 is 5.69 Å². The minimum absolute atomic E-state index is 0.00205. The summed E-state index contributed by atoms with van der Waals surface area (Å²) < 4.78 is 33.7. The molecule has 0 aliphatic heterocycles. The van der Waals surface area contributed by atoms with Crippen LogP contribution in [0.2, 0.25) is 0 Å². The van der Waals surface area contributed by atoms with Gasteiger partial charge in [-0.15, -0.1) is 0 Å². The molecule has 3 N–H and O–H groups in total. The first kappa shape index (κ1) is 25.7. The number of nitrogens with zero attached hydrogens (tertiary/aromatic N) is 4. The highest BCUT2D eigenvalue weighted by Gasteiger charge is 2.33. The predicted molar refractivity (Wildman–Crippen MR) is 131 cm³/mol. The maximum absolute atomic E-state index is 13.3. The Morgan fingerprint density at radius 2 is 1.73 bits per heavy atom. The summed E-state index contributed by atoms with van der Waals surface area (Å²) in [5.74, 6) is -0.0737. The summed E-state index contributed by atoms with van der Waals surface area (Å²) in [5.41, 5.74) is -0.215. The number of H-pyrrole nitrogens is 1. The second kappa shape index (κ2) is 10.7. The van der Waals surface area contributed by atoms with Gasteiger partial charge in [0.05, 0.1) is 4.90 Å². The normalized spacial score (nSPS) is 12.4. The molecule has 0 fully saturated rings. The van der Waals surface area contributed by atoms with E-state index in [1.807, 2.05) is 6.07 Å². The van der Waals surface area contributed by atoms with Gasteiger partial charge in [0.15, 0.2) is 11.2 Å². The Morgan fingerprint density at radius 3 is 2.41 bits per heavy atom. The van der Waals surface area contributed by atoms with Crippen molar-refractivity contribution in [2.24, 2.45) is 0 Å². The first-order valence-corrected chi connectivity index (χ1v) is 12.3. The lowest BCUT2D eigenvalue weighted by molar-refractivity contribution is -0.133. The number of amides is 1. The number of para-hydroxylation sites is 1. The lowest BCUT2D eigenvalue weighted by Crippen LogP contribution is -2.48. The first-order valence-electron chi connectivity index (χ1n) is 10.9. The van der Waals surface area contributed by atoms with Crippen LogP contribution in [-0.4, -0.2) is 56.4 Å². The van der Waals surface area contributed by atoms with E-state index in [1.54, 1.807) is 24.3 Å². The highest BCUT2D eigenvalue weighted by atomic mass is 32.2. The molecule has 1 unspecified atom stereocenters. The fraction of sp³-hybridized carbons (Fsp3) is 0.174. The van der Waals surface area contributed by atoms with Crippen LogP contribution in [0.5, 0.6) is 11.5 Å². The number of benzene rings is 2. The minimum Gasteiger partial charge on any atom is -0.457 e. The predicted octanol–water partition coefficient (Wildman–Crippen LogP) is 0.857. The van der Waals surface area contributed by atoms with Gasteiger partial charge in [-0.3, -0.25) is 24.3 Å². The molecule has 0 saturated carbocycles. The van der Waals surface area contributed by atoms with Gasteiger partial charge in [-0.2, -0.15) is 4.31 Å². The average molecular weight is 527 g/mol. The van der Waals surface area contributed by atoms with Gasteiger partial charge in [0.2, 0.25) is 10.0 Å². The Labute approximate surface area is 210 Å². The molecule has 0 aliphatic rings. The average Bonchev–Trinajstić information content (AvgIpc) is 2.91. The zero-order valence-electron chi connectivity index (χ0n) is 19.4. The molecular weight excluding hydrogens is 504 g/mol. The SMILES string of the molecule is CN(C(CCn1c(=O)[nH]c2nccnc2c1=O)C(=O)NO)S(=O)(=O)c1ccc(Oc2ccccc2)cc1. The van der Waals surface area contributed by atoms with Gasteiger partial charge < -0.3 is 4.74 Å². The number of hydroxylamine groups is 1. The van der Waals surface area contributed by atoms with Gasteiger partial charge in [-0.05, 0) is 42.8 Å². The quantitative estimate of drug-likeness (QED) is 0.211. The van der Waals surface area contributed by atoms with Crippen molar-refractivity contribution in [1.29, 1.82) is 0 Å². The molecule has 0 bridgehead atoms. The summed E-state index contributed by atoms with van der Waals surface area (Å²) in [5, 5.41) is 9.22. The maximum Gasteiger partial charge on any atom is 0.330 e.